The third-order valence-corrected chi connectivity index (χ3v) is 3.49. The van der Waals surface area contributed by atoms with Gasteiger partial charge in [-0.15, -0.1) is 0 Å². The molecule has 0 aliphatic carbocycles. The number of nitrogens with one attached hydrogen (secondary N) is 1. The molecule has 0 spiro atoms. The Hall–Kier alpha value is -1.39. The third-order valence-electron chi connectivity index (χ3n) is 3.24. The van der Waals surface area contributed by atoms with Crippen molar-refractivity contribution in [3.8, 4) is 0 Å². The molecule has 0 saturated carbocycles. The second-order valence-corrected chi connectivity index (χ2v) is 6.66. The van der Waals surface area contributed by atoms with Gasteiger partial charge in [0, 0.05) is 16.5 Å². The second-order valence-electron chi connectivity index (χ2n) is 6.22. The second kappa shape index (κ2) is 8.91. The first-order valence-electron chi connectivity index (χ1n) is 7.45. The van der Waals surface area contributed by atoms with Crippen molar-refractivity contribution in [3.05, 3.63) is 34.9 Å². The lowest BCUT2D eigenvalue weighted by Crippen LogP contribution is -2.31. The largest absolute Gasteiger partial charge is 0.462 e. The van der Waals surface area contributed by atoms with Gasteiger partial charge in [-0.25, -0.2) is 0 Å². The highest BCUT2D eigenvalue weighted by Gasteiger charge is 2.21. The minimum atomic E-state index is -0.318. The van der Waals surface area contributed by atoms with E-state index in [1.807, 2.05) is 32.9 Å². The molecular formula is C17H24ClNO3. The van der Waals surface area contributed by atoms with Gasteiger partial charge in [-0.2, -0.15) is 0 Å². The van der Waals surface area contributed by atoms with Gasteiger partial charge in [0.25, 0.3) is 6.47 Å². The van der Waals surface area contributed by atoms with Crippen LogP contribution in [0.1, 0.15) is 44.0 Å². The van der Waals surface area contributed by atoms with E-state index in [0.29, 0.717) is 11.5 Å². The van der Waals surface area contributed by atoms with Crippen LogP contribution >= 0.6 is 11.6 Å². The van der Waals surface area contributed by atoms with Crippen molar-refractivity contribution >= 4 is 23.9 Å². The fourth-order valence-corrected chi connectivity index (χ4v) is 2.20. The van der Waals surface area contributed by atoms with Crippen LogP contribution in [0.3, 0.4) is 0 Å². The molecule has 0 atom stereocenters. The molecule has 122 valence electrons. The Labute approximate surface area is 137 Å². The highest BCUT2D eigenvalue weighted by atomic mass is 35.5. The number of carbonyl (C=O) groups excluding carboxylic acids is 2. The molecule has 0 aromatic heterocycles. The SMILES string of the molecule is CC(C)(C)OC=O.O=C(c1ccc(Cl)cc1)C1CCNCC1. The van der Waals surface area contributed by atoms with Crippen molar-refractivity contribution in [1.82, 2.24) is 5.32 Å². The summed E-state index contributed by atoms with van der Waals surface area (Å²) in [6, 6.07) is 7.17. The molecule has 0 radical (unpaired) electrons. The van der Waals surface area contributed by atoms with Crippen molar-refractivity contribution in [2.45, 2.75) is 39.2 Å². The van der Waals surface area contributed by atoms with E-state index in [9.17, 15) is 9.59 Å². The minimum Gasteiger partial charge on any atom is -0.462 e. The lowest BCUT2D eigenvalue weighted by Gasteiger charge is -2.21. The molecule has 5 heteroatoms. The zero-order valence-corrected chi connectivity index (χ0v) is 14.2. The van der Waals surface area contributed by atoms with Gasteiger partial charge in [0.05, 0.1) is 0 Å². The smallest absolute Gasteiger partial charge is 0.293 e. The van der Waals surface area contributed by atoms with Crippen molar-refractivity contribution in [1.29, 1.82) is 0 Å². The Morgan fingerprint density at radius 1 is 1.23 bits per heavy atom. The molecule has 1 aromatic carbocycles. The number of rotatable bonds is 3. The molecule has 2 rings (SSSR count). The predicted molar refractivity (Wildman–Crippen MR) is 88.3 cm³/mol. The molecule has 1 saturated heterocycles. The van der Waals surface area contributed by atoms with Crippen LogP contribution in [-0.2, 0) is 9.53 Å². The summed E-state index contributed by atoms with van der Waals surface area (Å²) in [6.07, 6.45) is 1.89. The normalized spacial score (nSPS) is 15.5. The molecule has 1 aliphatic rings. The van der Waals surface area contributed by atoms with Crippen molar-refractivity contribution in [2.24, 2.45) is 5.92 Å². The number of hydrogen-bond acceptors (Lipinski definition) is 4. The van der Waals surface area contributed by atoms with E-state index < -0.39 is 0 Å². The summed E-state index contributed by atoms with van der Waals surface area (Å²) in [7, 11) is 0. The van der Waals surface area contributed by atoms with Gasteiger partial charge in [0.15, 0.2) is 5.78 Å². The molecule has 1 aliphatic heterocycles. The molecule has 0 bridgehead atoms. The topological polar surface area (TPSA) is 55.4 Å². The zero-order chi connectivity index (χ0) is 16.6. The van der Waals surface area contributed by atoms with E-state index in [1.165, 1.54) is 0 Å². The Morgan fingerprint density at radius 3 is 2.18 bits per heavy atom. The average Bonchev–Trinajstić information content (AvgIpc) is 2.48. The first kappa shape index (κ1) is 18.7. The Kier molecular flexibility index (Phi) is 7.56. The van der Waals surface area contributed by atoms with Gasteiger partial charge in [-0.3, -0.25) is 9.59 Å². The molecule has 1 N–H and O–H groups in total. The number of hydrogen-bond donors (Lipinski definition) is 1. The van der Waals surface area contributed by atoms with E-state index >= 15 is 0 Å². The number of ether oxygens (including phenoxy) is 1. The zero-order valence-electron chi connectivity index (χ0n) is 13.4. The van der Waals surface area contributed by atoms with Crippen molar-refractivity contribution in [3.63, 3.8) is 0 Å². The molecule has 1 fully saturated rings. The maximum atomic E-state index is 12.0. The number of Topliss-reactive ketones (excluding diaryl/α,β-unsaturated/α-hetero) is 1. The van der Waals surface area contributed by atoms with Crippen LogP contribution in [-0.4, -0.2) is 30.9 Å². The summed E-state index contributed by atoms with van der Waals surface area (Å²) in [5, 5.41) is 3.93. The van der Waals surface area contributed by atoms with Gasteiger partial charge >= 0.3 is 0 Å². The van der Waals surface area contributed by atoms with Crippen LogP contribution < -0.4 is 5.32 Å². The fraction of sp³-hybridized carbons (Fsp3) is 0.529. The monoisotopic (exact) mass is 325 g/mol. The summed E-state index contributed by atoms with van der Waals surface area (Å²) >= 11 is 5.78. The number of piperidine rings is 1. The number of halogens is 1. The minimum absolute atomic E-state index is 0.187. The van der Waals surface area contributed by atoms with E-state index in [0.717, 1.165) is 31.5 Å². The average molecular weight is 326 g/mol. The first-order chi connectivity index (χ1) is 10.3. The number of ketones is 1. The van der Waals surface area contributed by atoms with Gasteiger partial charge < -0.3 is 10.1 Å². The summed E-state index contributed by atoms with van der Waals surface area (Å²) in [5.41, 5.74) is 0.466. The molecule has 4 nitrogen and oxygen atoms in total. The van der Waals surface area contributed by atoms with Gasteiger partial charge in [-0.1, -0.05) is 11.6 Å². The lowest BCUT2D eigenvalue weighted by molar-refractivity contribution is -0.138. The van der Waals surface area contributed by atoms with Gasteiger partial charge in [-0.05, 0) is 71.0 Å². The van der Waals surface area contributed by atoms with Crippen LogP contribution in [0.15, 0.2) is 24.3 Å². The van der Waals surface area contributed by atoms with Crippen LogP contribution in [0.2, 0.25) is 5.02 Å². The van der Waals surface area contributed by atoms with Crippen LogP contribution in [0, 0.1) is 5.92 Å². The lowest BCUT2D eigenvalue weighted by atomic mass is 9.90. The van der Waals surface area contributed by atoms with E-state index in [1.54, 1.807) is 12.1 Å². The van der Waals surface area contributed by atoms with Gasteiger partial charge in [0.1, 0.15) is 5.60 Å². The first-order valence-corrected chi connectivity index (χ1v) is 7.83. The van der Waals surface area contributed by atoms with E-state index in [2.05, 4.69) is 10.1 Å². The molecule has 0 amide bonds. The Balaban J connectivity index is 0.000000295. The Morgan fingerprint density at radius 2 is 1.77 bits per heavy atom. The van der Waals surface area contributed by atoms with Crippen molar-refractivity contribution in [2.75, 3.05) is 13.1 Å². The summed E-state index contributed by atoms with van der Waals surface area (Å²) in [5.74, 6) is 0.445. The van der Waals surface area contributed by atoms with Crippen LogP contribution in [0.5, 0.6) is 0 Å². The highest BCUT2D eigenvalue weighted by Crippen LogP contribution is 2.19. The molecule has 22 heavy (non-hydrogen) atoms. The highest BCUT2D eigenvalue weighted by molar-refractivity contribution is 6.30. The summed E-state index contributed by atoms with van der Waals surface area (Å²) in [6.45, 7) is 7.82. The van der Waals surface area contributed by atoms with E-state index in [4.69, 9.17) is 11.6 Å². The van der Waals surface area contributed by atoms with Crippen LogP contribution in [0.25, 0.3) is 0 Å². The molecule has 1 aromatic rings. The quantitative estimate of drug-likeness (QED) is 0.683. The van der Waals surface area contributed by atoms with Crippen LogP contribution in [0.4, 0.5) is 0 Å². The fourth-order valence-electron chi connectivity index (χ4n) is 2.08. The summed E-state index contributed by atoms with van der Waals surface area (Å²) in [4.78, 5) is 21.6. The van der Waals surface area contributed by atoms with Crippen molar-refractivity contribution < 1.29 is 14.3 Å². The maximum Gasteiger partial charge on any atom is 0.293 e. The molecular weight excluding hydrogens is 302 g/mol. The molecule has 0 unspecified atom stereocenters. The van der Waals surface area contributed by atoms with E-state index in [-0.39, 0.29) is 17.3 Å². The van der Waals surface area contributed by atoms with Gasteiger partial charge in [0.2, 0.25) is 0 Å². The predicted octanol–water partition coefficient (Wildman–Crippen LogP) is 3.48. The number of carbonyl (C=O) groups is 2. The summed E-state index contributed by atoms with van der Waals surface area (Å²) < 4.78 is 4.55. The standard InChI is InChI=1S/C12H14ClNO.C5H10O2/c13-11-3-1-9(2-4-11)12(15)10-5-7-14-8-6-10;1-5(2,3)7-4-6/h1-4,10,14H,5-8H2;4H,1-3H3. The Bertz CT molecular complexity index is 474. The molecule has 1 heterocycles. The third kappa shape index (κ3) is 7.05. The maximum absolute atomic E-state index is 12.0. The number of benzene rings is 1.